The first-order valence-corrected chi connectivity index (χ1v) is 7.34. The second kappa shape index (κ2) is 8.74. The molecule has 0 aliphatic rings. The summed E-state index contributed by atoms with van der Waals surface area (Å²) in [4.78, 5) is 11.2. The predicted molar refractivity (Wildman–Crippen MR) is 84.2 cm³/mol. The average molecular weight is 315 g/mol. The molecule has 3 N–H and O–H groups in total. The Bertz CT molecular complexity index is 480. The minimum atomic E-state index is -0.0874. The van der Waals surface area contributed by atoms with E-state index in [9.17, 15) is 4.79 Å². The number of halogens is 1. The van der Waals surface area contributed by atoms with E-state index in [2.05, 4.69) is 5.32 Å². The van der Waals surface area contributed by atoms with E-state index in [1.165, 1.54) is 0 Å². The smallest absolute Gasteiger partial charge is 0.223 e. The lowest BCUT2D eigenvalue weighted by Gasteiger charge is -2.15. The van der Waals surface area contributed by atoms with E-state index in [0.717, 1.165) is 18.4 Å². The summed E-state index contributed by atoms with van der Waals surface area (Å²) in [5.41, 5.74) is 6.96. The maximum absolute atomic E-state index is 11.2. The molecule has 1 atom stereocenters. The lowest BCUT2D eigenvalue weighted by Crippen LogP contribution is -2.21. The van der Waals surface area contributed by atoms with Gasteiger partial charge in [0, 0.05) is 13.1 Å². The molecule has 1 rings (SSSR count). The third-order valence-corrected chi connectivity index (χ3v) is 3.45. The Balaban J connectivity index is 2.82. The van der Waals surface area contributed by atoms with Crippen LogP contribution in [0, 0.1) is 0 Å². The summed E-state index contributed by atoms with van der Waals surface area (Å²) in [5, 5.41) is 3.00. The molecule has 0 radical (unpaired) electrons. The largest absolute Gasteiger partial charge is 0.493 e. The van der Waals surface area contributed by atoms with Gasteiger partial charge in [-0.2, -0.15) is 0 Å². The summed E-state index contributed by atoms with van der Waals surface area (Å²) < 4.78 is 10.9. The SMILES string of the molecule is CCC(N)Cc1cc(Cl)c(OCCC(=O)NC)c(OC)c1. The molecule has 0 fully saturated rings. The van der Waals surface area contributed by atoms with Crippen LogP contribution < -0.4 is 20.5 Å². The van der Waals surface area contributed by atoms with Gasteiger partial charge in [0.25, 0.3) is 0 Å². The van der Waals surface area contributed by atoms with E-state index < -0.39 is 0 Å². The first kappa shape index (κ1) is 17.6. The maximum Gasteiger partial charge on any atom is 0.223 e. The fourth-order valence-electron chi connectivity index (χ4n) is 1.85. The van der Waals surface area contributed by atoms with Crippen LogP contribution in [0.1, 0.15) is 25.3 Å². The summed E-state index contributed by atoms with van der Waals surface area (Å²) >= 11 is 6.24. The predicted octanol–water partition coefficient (Wildman–Crippen LogP) is 2.14. The summed E-state index contributed by atoms with van der Waals surface area (Å²) in [6.07, 6.45) is 1.88. The van der Waals surface area contributed by atoms with Gasteiger partial charge in [-0.25, -0.2) is 0 Å². The van der Waals surface area contributed by atoms with Gasteiger partial charge in [-0.05, 0) is 30.5 Å². The number of nitrogens with two attached hydrogens (primary N) is 1. The molecule has 1 aromatic carbocycles. The number of hydrogen-bond acceptors (Lipinski definition) is 4. The minimum absolute atomic E-state index is 0.0874. The highest BCUT2D eigenvalue weighted by atomic mass is 35.5. The van der Waals surface area contributed by atoms with Crippen LogP contribution in [0.5, 0.6) is 11.5 Å². The lowest BCUT2D eigenvalue weighted by atomic mass is 10.0. The summed E-state index contributed by atoms with van der Waals surface area (Å²) in [6, 6.07) is 3.79. The Morgan fingerprint density at radius 1 is 1.48 bits per heavy atom. The summed E-state index contributed by atoms with van der Waals surface area (Å²) in [5.74, 6) is 0.922. The van der Waals surface area contributed by atoms with Gasteiger partial charge in [0.1, 0.15) is 0 Å². The Morgan fingerprint density at radius 3 is 2.76 bits per heavy atom. The zero-order valence-corrected chi connectivity index (χ0v) is 13.5. The van der Waals surface area contributed by atoms with Crippen molar-refractivity contribution in [3.05, 3.63) is 22.7 Å². The van der Waals surface area contributed by atoms with Crippen molar-refractivity contribution >= 4 is 17.5 Å². The number of hydrogen-bond donors (Lipinski definition) is 2. The van der Waals surface area contributed by atoms with Gasteiger partial charge in [0.05, 0.1) is 25.2 Å². The molecule has 1 unspecified atom stereocenters. The van der Waals surface area contributed by atoms with Crippen molar-refractivity contribution in [1.82, 2.24) is 5.32 Å². The van der Waals surface area contributed by atoms with Crippen molar-refractivity contribution in [1.29, 1.82) is 0 Å². The van der Waals surface area contributed by atoms with E-state index in [4.69, 9.17) is 26.8 Å². The molecule has 5 nitrogen and oxygen atoms in total. The molecular formula is C15H23ClN2O3. The molecule has 0 saturated heterocycles. The van der Waals surface area contributed by atoms with Gasteiger partial charge in [0.15, 0.2) is 11.5 Å². The normalized spacial score (nSPS) is 11.9. The van der Waals surface area contributed by atoms with Gasteiger partial charge < -0.3 is 20.5 Å². The molecular weight excluding hydrogens is 292 g/mol. The molecule has 0 aliphatic heterocycles. The summed E-state index contributed by atoms with van der Waals surface area (Å²) in [6.45, 7) is 2.28. The van der Waals surface area contributed by atoms with Crippen LogP contribution in [-0.2, 0) is 11.2 Å². The van der Waals surface area contributed by atoms with Gasteiger partial charge in [-0.15, -0.1) is 0 Å². The quantitative estimate of drug-likeness (QED) is 0.771. The molecule has 1 amide bonds. The molecule has 0 bridgehead atoms. The highest BCUT2D eigenvalue weighted by Crippen LogP contribution is 2.36. The van der Waals surface area contributed by atoms with E-state index in [1.807, 2.05) is 19.1 Å². The molecule has 21 heavy (non-hydrogen) atoms. The van der Waals surface area contributed by atoms with Gasteiger partial charge in [-0.1, -0.05) is 18.5 Å². The third-order valence-electron chi connectivity index (χ3n) is 3.17. The zero-order valence-electron chi connectivity index (χ0n) is 12.7. The van der Waals surface area contributed by atoms with Gasteiger partial charge >= 0.3 is 0 Å². The molecule has 0 spiro atoms. The molecule has 0 saturated carbocycles. The molecule has 0 aliphatic carbocycles. The first-order chi connectivity index (χ1) is 10.0. The summed E-state index contributed by atoms with van der Waals surface area (Å²) in [7, 11) is 3.14. The number of amides is 1. The standard InChI is InChI=1S/C15H23ClN2O3/c1-4-11(17)7-10-8-12(16)15(13(9-10)20-3)21-6-5-14(19)18-2/h8-9,11H,4-7,17H2,1-3H3,(H,18,19). The Labute approximate surface area is 130 Å². The number of rotatable bonds is 8. The van der Waals surface area contributed by atoms with Crippen LogP contribution in [0.3, 0.4) is 0 Å². The van der Waals surface area contributed by atoms with Crippen molar-refractivity contribution in [3.8, 4) is 11.5 Å². The topological polar surface area (TPSA) is 73.6 Å². The van der Waals surface area contributed by atoms with E-state index in [-0.39, 0.29) is 25.0 Å². The van der Waals surface area contributed by atoms with Crippen LogP contribution in [-0.4, -0.2) is 32.7 Å². The highest BCUT2D eigenvalue weighted by molar-refractivity contribution is 6.32. The lowest BCUT2D eigenvalue weighted by molar-refractivity contribution is -0.121. The van der Waals surface area contributed by atoms with Crippen LogP contribution in [0.25, 0.3) is 0 Å². The fourth-order valence-corrected chi connectivity index (χ4v) is 2.14. The van der Waals surface area contributed by atoms with E-state index in [1.54, 1.807) is 14.2 Å². The molecule has 6 heteroatoms. The Kier molecular flexibility index (Phi) is 7.32. The van der Waals surface area contributed by atoms with Crippen LogP contribution in [0.4, 0.5) is 0 Å². The van der Waals surface area contributed by atoms with Crippen molar-refractivity contribution in [2.75, 3.05) is 20.8 Å². The number of nitrogens with one attached hydrogen (secondary N) is 1. The monoisotopic (exact) mass is 314 g/mol. The van der Waals surface area contributed by atoms with Crippen LogP contribution >= 0.6 is 11.6 Å². The van der Waals surface area contributed by atoms with Gasteiger partial charge in [0.2, 0.25) is 5.91 Å². The number of carbonyl (C=O) groups excluding carboxylic acids is 1. The van der Waals surface area contributed by atoms with Crippen molar-refractivity contribution in [2.45, 2.75) is 32.2 Å². The van der Waals surface area contributed by atoms with E-state index in [0.29, 0.717) is 16.5 Å². The van der Waals surface area contributed by atoms with Crippen molar-refractivity contribution in [2.24, 2.45) is 5.73 Å². The molecule has 0 heterocycles. The van der Waals surface area contributed by atoms with Crippen LogP contribution in [0.2, 0.25) is 5.02 Å². The fraction of sp³-hybridized carbons (Fsp3) is 0.533. The second-order valence-electron chi connectivity index (χ2n) is 4.75. The van der Waals surface area contributed by atoms with Crippen molar-refractivity contribution in [3.63, 3.8) is 0 Å². The minimum Gasteiger partial charge on any atom is -0.493 e. The zero-order chi connectivity index (χ0) is 15.8. The van der Waals surface area contributed by atoms with E-state index >= 15 is 0 Å². The molecule has 1 aromatic rings. The first-order valence-electron chi connectivity index (χ1n) is 6.97. The number of benzene rings is 1. The van der Waals surface area contributed by atoms with Crippen LogP contribution in [0.15, 0.2) is 12.1 Å². The third kappa shape index (κ3) is 5.44. The molecule has 0 aromatic heterocycles. The van der Waals surface area contributed by atoms with Gasteiger partial charge in [-0.3, -0.25) is 4.79 Å². The number of ether oxygens (including phenoxy) is 2. The molecule has 118 valence electrons. The average Bonchev–Trinajstić information content (AvgIpc) is 2.48. The highest BCUT2D eigenvalue weighted by Gasteiger charge is 2.14. The second-order valence-corrected chi connectivity index (χ2v) is 5.16. The van der Waals surface area contributed by atoms with Crippen molar-refractivity contribution < 1.29 is 14.3 Å². The Hall–Kier alpha value is -1.46. The Morgan fingerprint density at radius 2 is 2.19 bits per heavy atom. The number of methoxy groups -OCH3 is 1. The maximum atomic E-state index is 11.2. The number of carbonyl (C=O) groups is 1.